The van der Waals surface area contributed by atoms with Crippen molar-refractivity contribution < 1.29 is 0 Å². The summed E-state index contributed by atoms with van der Waals surface area (Å²) in [6.07, 6.45) is 8.38. The number of hydrogen-bond donors (Lipinski definition) is 0. The molecule has 4 aromatic carbocycles. The first-order valence-corrected chi connectivity index (χ1v) is 15.0. The molecule has 0 fully saturated rings. The Hall–Kier alpha value is -3.74. The molecule has 6 heteroatoms. The zero-order valence-corrected chi connectivity index (χ0v) is 23.0. The van der Waals surface area contributed by atoms with Crippen LogP contribution in [0.4, 0.5) is 0 Å². The highest BCUT2D eigenvalue weighted by atomic mass is 32.2. The number of fused-ring (bicyclic) bond motifs is 1. The van der Waals surface area contributed by atoms with Crippen molar-refractivity contribution in [3.63, 3.8) is 0 Å². The molecule has 2 heterocycles. The van der Waals surface area contributed by atoms with Crippen molar-refractivity contribution in [1.82, 2.24) is 19.6 Å². The normalized spacial score (nSPS) is 11.3. The van der Waals surface area contributed by atoms with Crippen molar-refractivity contribution in [2.45, 2.75) is 22.9 Å². The van der Waals surface area contributed by atoms with Gasteiger partial charge in [-0.3, -0.25) is 9.36 Å². The Morgan fingerprint density at radius 1 is 0.553 bits per heavy atom. The molecule has 0 spiro atoms. The lowest BCUT2D eigenvalue weighted by Gasteiger charge is -2.13. The topological polar surface area (TPSA) is 35.6 Å². The van der Waals surface area contributed by atoms with Crippen LogP contribution in [0.25, 0.3) is 33.3 Å². The molecule has 0 aliphatic rings. The average Bonchev–Trinajstić information content (AvgIpc) is 3.63. The van der Waals surface area contributed by atoms with E-state index in [9.17, 15) is 0 Å². The zero-order valence-electron chi connectivity index (χ0n) is 21.4. The van der Waals surface area contributed by atoms with Crippen LogP contribution in [-0.2, 0) is 13.1 Å². The van der Waals surface area contributed by atoms with Crippen molar-refractivity contribution in [1.29, 1.82) is 0 Å². The van der Waals surface area contributed by atoms with E-state index in [1.807, 2.05) is 9.36 Å². The molecule has 0 saturated carbocycles. The van der Waals surface area contributed by atoms with Gasteiger partial charge in [-0.15, -0.1) is 23.5 Å². The second kappa shape index (κ2) is 10.9. The van der Waals surface area contributed by atoms with E-state index in [-0.39, 0.29) is 0 Å². The van der Waals surface area contributed by atoms with Gasteiger partial charge in [0.1, 0.15) is 0 Å². The number of thioether (sulfide) groups is 2. The lowest BCUT2D eigenvalue weighted by atomic mass is 9.99. The zero-order chi connectivity index (χ0) is 25.9. The molecule has 0 unspecified atom stereocenters. The first-order chi connectivity index (χ1) is 18.7. The van der Waals surface area contributed by atoms with Gasteiger partial charge in [-0.05, 0) is 58.7 Å². The second-order valence-electron chi connectivity index (χ2n) is 9.13. The van der Waals surface area contributed by atoms with Gasteiger partial charge in [-0.2, -0.15) is 10.2 Å². The lowest BCUT2D eigenvalue weighted by Crippen LogP contribution is -2.05. The van der Waals surface area contributed by atoms with Crippen molar-refractivity contribution in [3.05, 3.63) is 121 Å². The third-order valence-corrected chi connectivity index (χ3v) is 8.38. The van der Waals surface area contributed by atoms with Crippen LogP contribution in [0.2, 0.25) is 0 Å². The van der Waals surface area contributed by atoms with Gasteiger partial charge in [-0.1, -0.05) is 72.8 Å². The predicted octanol–water partition coefficient (Wildman–Crippen LogP) is 8.11. The third kappa shape index (κ3) is 4.89. The molecule has 38 heavy (non-hydrogen) atoms. The number of benzene rings is 4. The van der Waals surface area contributed by atoms with Gasteiger partial charge in [0, 0.05) is 33.3 Å². The average molecular weight is 533 g/mol. The highest BCUT2D eigenvalue weighted by Crippen LogP contribution is 2.31. The SMILES string of the molecule is CSc1ccccc1-c1ccn(Cc2cccc3cccc(Cn4ccc(-c5ccccc5SC)n4)c23)n1. The smallest absolute Gasteiger partial charge is 0.0934 e. The monoisotopic (exact) mass is 532 g/mol. The molecule has 0 radical (unpaired) electrons. The van der Waals surface area contributed by atoms with Gasteiger partial charge in [0.25, 0.3) is 0 Å². The van der Waals surface area contributed by atoms with E-state index in [0.29, 0.717) is 13.1 Å². The highest BCUT2D eigenvalue weighted by molar-refractivity contribution is 7.99. The van der Waals surface area contributed by atoms with Crippen molar-refractivity contribution >= 4 is 34.3 Å². The van der Waals surface area contributed by atoms with Gasteiger partial charge in [0.2, 0.25) is 0 Å². The maximum Gasteiger partial charge on any atom is 0.0934 e. The van der Waals surface area contributed by atoms with Crippen LogP contribution in [-0.4, -0.2) is 32.1 Å². The van der Waals surface area contributed by atoms with Crippen LogP contribution in [0.1, 0.15) is 11.1 Å². The highest BCUT2D eigenvalue weighted by Gasteiger charge is 2.12. The minimum Gasteiger partial charge on any atom is -0.268 e. The molecule has 0 saturated heterocycles. The summed E-state index contributed by atoms with van der Waals surface area (Å²) in [5.74, 6) is 0. The fourth-order valence-electron chi connectivity index (χ4n) is 5.01. The fraction of sp³-hybridized carbons (Fsp3) is 0.125. The van der Waals surface area contributed by atoms with E-state index >= 15 is 0 Å². The van der Waals surface area contributed by atoms with Crippen LogP contribution < -0.4 is 0 Å². The molecule has 0 atom stereocenters. The van der Waals surface area contributed by atoms with Gasteiger partial charge in [0.05, 0.1) is 24.5 Å². The van der Waals surface area contributed by atoms with Crippen LogP contribution in [0, 0.1) is 0 Å². The molecule has 6 aromatic rings. The van der Waals surface area contributed by atoms with Crippen molar-refractivity contribution in [2.75, 3.05) is 12.5 Å². The molecule has 0 aliphatic heterocycles. The summed E-state index contributed by atoms with van der Waals surface area (Å²) >= 11 is 3.50. The van der Waals surface area contributed by atoms with Crippen LogP contribution >= 0.6 is 23.5 Å². The van der Waals surface area contributed by atoms with Crippen LogP contribution in [0.5, 0.6) is 0 Å². The Bertz CT molecular complexity index is 1590. The Morgan fingerprint density at radius 3 is 1.50 bits per heavy atom. The Morgan fingerprint density at radius 2 is 1.03 bits per heavy atom. The molecule has 2 aromatic heterocycles. The van der Waals surface area contributed by atoms with E-state index < -0.39 is 0 Å². The number of nitrogens with zero attached hydrogens (tertiary/aromatic N) is 4. The van der Waals surface area contributed by atoms with E-state index in [2.05, 4.69) is 122 Å². The first-order valence-electron chi connectivity index (χ1n) is 12.6. The first kappa shape index (κ1) is 24.6. The van der Waals surface area contributed by atoms with E-state index in [1.54, 1.807) is 23.5 Å². The molecule has 0 amide bonds. The Labute approximate surface area is 231 Å². The molecule has 4 nitrogen and oxygen atoms in total. The largest absolute Gasteiger partial charge is 0.268 e. The van der Waals surface area contributed by atoms with Gasteiger partial charge in [0.15, 0.2) is 0 Å². The summed E-state index contributed by atoms with van der Waals surface area (Å²) in [4.78, 5) is 2.48. The maximum atomic E-state index is 4.94. The Balaban J connectivity index is 1.32. The predicted molar refractivity (Wildman–Crippen MR) is 161 cm³/mol. The fourth-order valence-corrected chi connectivity index (χ4v) is 6.23. The number of hydrogen-bond acceptors (Lipinski definition) is 4. The maximum absolute atomic E-state index is 4.94. The molecular formula is C32H28N4S2. The summed E-state index contributed by atoms with van der Waals surface area (Å²) in [5, 5.41) is 12.4. The van der Waals surface area contributed by atoms with Crippen LogP contribution in [0.15, 0.2) is 119 Å². The van der Waals surface area contributed by atoms with Crippen LogP contribution in [0.3, 0.4) is 0 Å². The molecule has 0 N–H and O–H groups in total. The summed E-state index contributed by atoms with van der Waals surface area (Å²) in [6, 6.07) is 34.2. The number of rotatable bonds is 8. The molecule has 0 bridgehead atoms. The van der Waals surface area contributed by atoms with E-state index in [1.165, 1.54) is 42.8 Å². The second-order valence-corrected chi connectivity index (χ2v) is 10.8. The van der Waals surface area contributed by atoms with Crippen molar-refractivity contribution in [3.8, 4) is 22.5 Å². The number of aromatic nitrogens is 4. The molecular weight excluding hydrogens is 505 g/mol. The summed E-state index contributed by atoms with van der Waals surface area (Å²) in [6.45, 7) is 1.42. The minimum atomic E-state index is 0.710. The summed E-state index contributed by atoms with van der Waals surface area (Å²) in [5.41, 5.74) is 6.87. The summed E-state index contributed by atoms with van der Waals surface area (Å²) in [7, 11) is 0. The van der Waals surface area contributed by atoms with Crippen molar-refractivity contribution in [2.24, 2.45) is 0 Å². The summed E-state index contributed by atoms with van der Waals surface area (Å²) < 4.78 is 4.09. The van der Waals surface area contributed by atoms with E-state index in [4.69, 9.17) is 10.2 Å². The molecule has 0 aliphatic carbocycles. The van der Waals surface area contributed by atoms with Gasteiger partial charge < -0.3 is 0 Å². The molecule has 6 rings (SSSR count). The quantitative estimate of drug-likeness (QED) is 0.186. The third-order valence-electron chi connectivity index (χ3n) is 6.79. The standard InChI is InChI=1S/C32H28N4S2/c1-37-30-15-5-3-13-26(30)28-17-19-35(33-28)21-24-11-7-9-23-10-8-12-25(32(23)24)22-36-20-18-29(34-36)27-14-4-6-16-31(27)38-2/h3-20H,21-22H2,1-2H3. The lowest BCUT2D eigenvalue weighted by molar-refractivity contribution is 0.683. The van der Waals surface area contributed by atoms with Gasteiger partial charge >= 0.3 is 0 Å². The minimum absolute atomic E-state index is 0.710. The molecule has 188 valence electrons. The van der Waals surface area contributed by atoms with Gasteiger partial charge in [-0.25, -0.2) is 0 Å². The Kier molecular flexibility index (Phi) is 7.08. The van der Waals surface area contributed by atoms with E-state index in [0.717, 1.165) is 11.4 Å².